The average molecular weight is 563 g/mol. The highest BCUT2D eigenvalue weighted by Gasteiger charge is 2.36. The summed E-state index contributed by atoms with van der Waals surface area (Å²) < 4.78 is 32.8. The molecule has 1 aliphatic rings. The Hall–Kier alpha value is -3.14. The molecule has 1 aliphatic heterocycles. The highest BCUT2D eigenvalue weighted by Crippen LogP contribution is 2.32. The molecule has 1 amide bonds. The first-order chi connectivity index (χ1) is 17.8. The molecule has 200 valence electrons. The fourth-order valence-corrected chi connectivity index (χ4v) is 4.07. The number of carbonyl (C=O) groups is 2. The third-order valence-electron chi connectivity index (χ3n) is 5.69. The van der Waals surface area contributed by atoms with Gasteiger partial charge in [0, 0.05) is 47.1 Å². The Morgan fingerprint density at radius 2 is 1.32 bits per heavy atom. The summed E-state index contributed by atoms with van der Waals surface area (Å²) in [7, 11) is 0. The SMILES string of the molecule is CC(C)(C)OC(=O)c1nc(-c2ccc(Cl)cc2)c(-c2ccc(Cl)cc2)nc1C(=O)NN1CCC(F)(F)CC1. The number of halogens is 4. The number of hydrogen-bond donors (Lipinski definition) is 1. The Balaban J connectivity index is 1.84. The Bertz CT molecular complexity index is 1330. The zero-order chi connectivity index (χ0) is 27.7. The van der Waals surface area contributed by atoms with Crippen LogP contribution in [0, 0.1) is 0 Å². The largest absolute Gasteiger partial charge is 0.455 e. The number of nitrogens with one attached hydrogen (secondary N) is 1. The minimum atomic E-state index is -2.79. The molecule has 1 saturated heterocycles. The third-order valence-corrected chi connectivity index (χ3v) is 6.20. The second-order valence-corrected chi connectivity index (χ2v) is 10.8. The van der Waals surface area contributed by atoms with Crippen molar-refractivity contribution in [3.8, 4) is 22.5 Å². The molecular weight excluding hydrogens is 537 g/mol. The Kier molecular flexibility index (Phi) is 8.01. The van der Waals surface area contributed by atoms with Crippen molar-refractivity contribution in [3.63, 3.8) is 0 Å². The fraction of sp³-hybridized carbons (Fsp3) is 0.333. The maximum atomic E-state index is 13.6. The van der Waals surface area contributed by atoms with Crippen molar-refractivity contribution in [2.75, 3.05) is 13.1 Å². The van der Waals surface area contributed by atoms with Crippen LogP contribution in [-0.4, -0.2) is 51.5 Å². The molecule has 2 aromatic carbocycles. The molecule has 0 atom stereocenters. The van der Waals surface area contributed by atoms with E-state index in [9.17, 15) is 18.4 Å². The molecule has 2 heterocycles. The summed E-state index contributed by atoms with van der Waals surface area (Å²) in [5, 5.41) is 2.39. The molecule has 1 N–H and O–H groups in total. The van der Waals surface area contributed by atoms with Gasteiger partial charge in [-0.05, 0) is 45.0 Å². The lowest BCUT2D eigenvalue weighted by molar-refractivity contribution is -0.0631. The standard InChI is InChI=1S/C27H26Cl2F2N4O3/c1-26(2,3)38-25(37)23-22(24(36)34-35-14-12-27(30,31)13-15-35)32-20(16-4-8-18(28)9-5-16)21(33-23)17-6-10-19(29)11-7-17/h4-11H,12-15H2,1-3H3,(H,34,36). The van der Waals surface area contributed by atoms with E-state index < -0.39 is 36.2 Å². The number of esters is 1. The van der Waals surface area contributed by atoms with Crippen LogP contribution in [0.1, 0.15) is 54.6 Å². The van der Waals surface area contributed by atoms with Crippen molar-refractivity contribution in [2.24, 2.45) is 0 Å². The zero-order valence-corrected chi connectivity index (χ0v) is 22.5. The van der Waals surface area contributed by atoms with E-state index in [1.165, 1.54) is 5.01 Å². The molecule has 38 heavy (non-hydrogen) atoms. The van der Waals surface area contributed by atoms with Gasteiger partial charge >= 0.3 is 5.97 Å². The van der Waals surface area contributed by atoms with Crippen LogP contribution in [-0.2, 0) is 4.74 Å². The van der Waals surface area contributed by atoms with E-state index >= 15 is 0 Å². The predicted molar refractivity (Wildman–Crippen MR) is 141 cm³/mol. The molecule has 0 aliphatic carbocycles. The maximum absolute atomic E-state index is 13.6. The summed E-state index contributed by atoms with van der Waals surface area (Å²) in [5.74, 6) is -4.40. The van der Waals surface area contributed by atoms with E-state index in [0.717, 1.165) is 0 Å². The van der Waals surface area contributed by atoms with E-state index in [2.05, 4.69) is 15.4 Å². The van der Waals surface area contributed by atoms with E-state index in [0.29, 0.717) is 32.6 Å². The summed E-state index contributed by atoms with van der Waals surface area (Å²) in [6.07, 6.45) is -0.799. The van der Waals surface area contributed by atoms with Crippen LogP contribution in [0.5, 0.6) is 0 Å². The Morgan fingerprint density at radius 3 is 1.76 bits per heavy atom. The van der Waals surface area contributed by atoms with Crippen molar-refractivity contribution in [1.29, 1.82) is 0 Å². The summed E-state index contributed by atoms with van der Waals surface area (Å²) in [5.41, 5.74) is 2.95. The van der Waals surface area contributed by atoms with Crippen molar-refractivity contribution in [2.45, 2.75) is 45.1 Å². The maximum Gasteiger partial charge on any atom is 0.359 e. The number of hydrazine groups is 1. The van der Waals surface area contributed by atoms with E-state index in [-0.39, 0.29) is 24.5 Å². The van der Waals surface area contributed by atoms with Crippen LogP contribution < -0.4 is 5.43 Å². The van der Waals surface area contributed by atoms with Gasteiger partial charge in [0.15, 0.2) is 11.4 Å². The van der Waals surface area contributed by atoms with Crippen molar-refractivity contribution < 1.29 is 23.1 Å². The first kappa shape index (κ1) is 27.9. The van der Waals surface area contributed by atoms with Crippen LogP contribution in [0.3, 0.4) is 0 Å². The second-order valence-electron chi connectivity index (χ2n) is 9.92. The number of ether oxygens (including phenoxy) is 1. The number of aromatic nitrogens is 2. The van der Waals surface area contributed by atoms with E-state index in [1.807, 2.05) is 0 Å². The first-order valence-electron chi connectivity index (χ1n) is 11.9. The van der Waals surface area contributed by atoms with Gasteiger partial charge in [-0.15, -0.1) is 0 Å². The third kappa shape index (κ3) is 6.83. The van der Waals surface area contributed by atoms with Crippen molar-refractivity contribution in [3.05, 3.63) is 70.0 Å². The molecule has 0 unspecified atom stereocenters. The summed E-state index contributed by atoms with van der Waals surface area (Å²) in [6, 6.07) is 13.5. The zero-order valence-electron chi connectivity index (χ0n) is 21.0. The van der Waals surface area contributed by atoms with Crippen LogP contribution in [0.4, 0.5) is 8.78 Å². The predicted octanol–water partition coefficient (Wildman–Crippen LogP) is 6.45. The van der Waals surface area contributed by atoms with Crippen molar-refractivity contribution in [1.82, 2.24) is 20.4 Å². The normalized spacial score (nSPS) is 15.7. The second kappa shape index (κ2) is 10.9. The fourth-order valence-electron chi connectivity index (χ4n) is 3.82. The van der Waals surface area contributed by atoms with Crippen LogP contribution in [0.15, 0.2) is 48.5 Å². The minimum Gasteiger partial charge on any atom is -0.455 e. The summed E-state index contributed by atoms with van der Waals surface area (Å²) in [6.45, 7) is 4.96. The van der Waals surface area contributed by atoms with Gasteiger partial charge in [0.05, 0.1) is 11.4 Å². The summed E-state index contributed by atoms with van der Waals surface area (Å²) >= 11 is 12.2. The van der Waals surface area contributed by atoms with Gasteiger partial charge in [0.1, 0.15) is 5.60 Å². The van der Waals surface area contributed by atoms with E-state index in [1.54, 1.807) is 69.3 Å². The highest BCUT2D eigenvalue weighted by molar-refractivity contribution is 6.31. The number of piperidine rings is 1. The number of rotatable bonds is 5. The Morgan fingerprint density at radius 1 is 0.868 bits per heavy atom. The van der Waals surface area contributed by atoms with Crippen LogP contribution in [0.25, 0.3) is 22.5 Å². The lowest BCUT2D eigenvalue weighted by Crippen LogP contribution is -2.49. The minimum absolute atomic E-state index is 0.0547. The smallest absolute Gasteiger partial charge is 0.359 e. The number of hydrogen-bond acceptors (Lipinski definition) is 6. The van der Waals surface area contributed by atoms with Gasteiger partial charge in [0.2, 0.25) is 0 Å². The molecule has 0 bridgehead atoms. The van der Waals surface area contributed by atoms with E-state index in [4.69, 9.17) is 27.9 Å². The number of amides is 1. The molecule has 0 spiro atoms. The molecule has 0 radical (unpaired) electrons. The Labute approximate surface area is 229 Å². The number of benzene rings is 2. The molecule has 7 nitrogen and oxygen atoms in total. The summed E-state index contributed by atoms with van der Waals surface area (Å²) in [4.78, 5) is 35.8. The van der Waals surface area contributed by atoms with Gasteiger partial charge in [0.25, 0.3) is 11.8 Å². The van der Waals surface area contributed by atoms with Gasteiger partial charge < -0.3 is 4.74 Å². The highest BCUT2D eigenvalue weighted by atomic mass is 35.5. The lowest BCUT2D eigenvalue weighted by Gasteiger charge is -2.31. The van der Waals surface area contributed by atoms with Crippen LogP contribution >= 0.6 is 23.2 Å². The molecule has 1 aromatic heterocycles. The lowest BCUT2D eigenvalue weighted by atomic mass is 10.0. The topological polar surface area (TPSA) is 84.4 Å². The molecule has 0 saturated carbocycles. The molecule has 1 fully saturated rings. The first-order valence-corrected chi connectivity index (χ1v) is 12.7. The molecule has 11 heteroatoms. The van der Waals surface area contributed by atoms with Crippen LogP contribution in [0.2, 0.25) is 10.0 Å². The monoisotopic (exact) mass is 562 g/mol. The van der Waals surface area contributed by atoms with Gasteiger partial charge in [-0.1, -0.05) is 47.5 Å². The molecule has 3 aromatic rings. The quantitative estimate of drug-likeness (QED) is 0.360. The van der Waals surface area contributed by atoms with Gasteiger partial charge in [-0.3, -0.25) is 10.2 Å². The number of alkyl halides is 2. The number of carbonyl (C=O) groups excluding carboxylic acids is 2. The number of nitrogens with zero attached hydrogens (tertiary/aromatic N) is 3. The molecular formula is C27H26Cl2F2N4O3. The molecule has 4 rings (SSSR count). The van der Waals surface area contributed by atoms with Crippen molar-refractivity contribution >= 4 is 35.1 Å². The average Bonchev–Trinajstić information content (AvgIpc) is 2.84. The van der Waals surface area contributed by atoms with Gasteiger partial charge in [-0.2, -0.15) is 0 Å². The van der Waals surface area contributed by atoms with Gasteiger partial charge in [-0.25, -0.2) is 28.6 Å².